The van der Waals surface area contributed by atoms with E-state index in [0.29, 0.717) is 0 Å². The molecule has 15 heavy (non-hydrogen) atoms. The molecule has 0 aliphatic carbocycles. The Bertz CT molecular complexity index is 706. The molecule has 1 N–H and O–H groups in total. The minimum atomic E-state index is -0.0627. The van der Waals surface area contributed by atoms with E-state index in [2.05, 4.69) is 9.03 Å². The standard InChI is InChI=1S/C12H9NO2/c1-15-7-11-9(6-12(15)14)8-4-2-3-5-10(8)13-11/h2-7H,1H3/p+1. The molecule has 3 rings (SSSR count). The van der Waals surface area contributed by atoms with Crippen LogP contribution in [0.15, 0.2) is 45.4 Å². The predicted octanol–water partition coefficient (Wildman–Crippen LogP) is 2.50. The van der Waals surface area contributed by atoms with E-state index >= 15 is 0 Å². The van der Waals surface area contributed by atoms with Gasteiger partial charge in [-0.2, -0.15) is 0 Å². The van der Waals surface area contributed by atoms with E-state index in [1.54, 1.807) is 19.4 Å². The highest BCUT2D eigenvalue weighted by molar-refractivity contribution is 6.06. The summed E-state index contributed by atoms with van der Waals surface area (Å²) in [5.74, 6) is 0. The van der Waals surface area contributed by atoms with Crippen LogP contribution in [0, 0.1) is 0 Å². The Kier molecular flexibility index (Phi) is 1.51. The van der Waals surface area contributed by atoms with Gasteiger partial charge in [0, 0.05) is 21.1 Å². The fraction of sp³-hybridized carbons (Fsp3) is 0.0833. The molecule has 0 radical (unpaired) electrons. The summed E-state index contributed by atoms with van der Waals surface area (Å²) in [5, 5.41) is 2.06. The smallest absolute Gasteiger partial charge is 0.515 e. The summed E-state index contributed by atoms with van der Waals surface area (Å²) in [6, 6.07) is 9.60. The van der Waals surface area contributed by atoms with E-state index < -0.39 is 0 Å². The van der Waals surface area contributed by atoms with E-state index in [4.69, 9.17) is 0 Å². The van der Waals surface area contributed by atoms with Gasteiger partial charge in [-0.25, -0.2) is 0 Å². The van der Waals surface area contributed by atoms with E-state index in [9.17, 15) is 4.79 Å². The van der Waals surface area contributed by atoms with Crippen molar-refractivity contribution in [3.05, 3.63) is 47.0 Å². The van der Waals surface area contributed by atoms with Crippen molar-refractivity contribution in [2.24, 2.45) is 7.11 Å². The van der Waals surface area contributed by atoms with Crippen molar-refractivity contribution in [2.75, 3.05) is 0 Å². The van der Waals surface area contributed by atoms with E-state index in [0.717, 1.165) is 21.8 Å². The van der Waals surface area contributed by atoms with Crippen LogP contribution in [0.5, 0.6) is 0 Å². The first-order valence-corrected chi connectivity index (χ1v) is 4.75. The maximum Gasteiger partial charge on any atom is 0.549 e. The van der Waals surface area contributed by atoms with Gasteiger partial charge >= 0.3 is 5.63 Å². The quantitative estimate of drug-likeness (QED) is 0.556. The van der Waals surface area contributed by atoms with Gasteiger partial charge in [0.15, 0.2) is 6.26 Å². The topological polar surface area (TPSA) is 35.6 Å². The third-order valence-corrected chi connectivity index (χ3v) is 2.65. The van der Waals surface area contributed by atoms with Gasteiger partial charge < -0.3 is 9.03 Å². The molecule has 74 valence electrons. The molecule has 0 aliphatic rings. The molecule has 0 aliphatic heterocycles. The van der Waals surface area contributed by atoms with Crippen molar-refractivity contribution >= 4 is 21.8 Å². The monoisotopic (exact) mass is 200 g/mol. The normalized spacial score (nSPS) is 11.3. The van der Waals surface area contributed by atoms with Crippen LogP contribution < -0.4 is 5.63 Å². The second-order valence-corrected chi connectivity index (χ2v) is 3.64. The van der Waals surface area contributed by atoms with Crippen LogP contribution in [-0.4, -0.2) is 4.98 Å². The molecule has 0 saturated carbocycles. The summed E-state index contributed by atoms with van der Waals surface area (Å²) in [7, 11) is 1.67. The molecule has 0 spiro atoms. The molecule has 3 nitrogen and oxygen atoms in total. The lowest BCUT2D eigenvalue weighted by molar-refractivity contribution is 0.157. The van der Waals surface area contributed by atoms with Crippen LogP contribution in [-0.2, 0) is 7.11 Å². The molecule has 3 aromatic rings. The second-order valence-electron chi connectivity index (χ2n) is 3.64. The molecule has 0 fully saturated rings. The van der Waals surface area contributed by atoms with Crippen molar-refractivity contribution < 1.29 is 4.05 Å². The Hall–Kier alpha value is -2.03. The first kappa shape index (κ1) is 8.29. The second kappa shape index (κ2) is 2.73. The summed E-state index contributed by atoms with van der Waals surface area (Å²) in [5.41, 5.74) is 1.95. The van der Waals surface area contributed by atoms with Crippen molar-refractivity contribution in [1.82, 2.24) is 4.98 Å². The maximum absolute atomic E-state index is 11.5. The van der Waals surface area contributed by atoms with Crippen LogP contribution in [0.25, 0.3) is 21.8 Å². The highest BCUT2D eigenvalue weighted by atomic mass is 16.6. The average molecular weight is 200 g/mol. The largest absolute Gasteiger partial charge is 0.549 e. The summed E-state index contributed by atoms with van der Waals surface area (Å²) >= 11 is 0. The van der Waals surface area contributed by atoms with Crippen LogP contribution >= 0.6 is 0 Å². The van der Waals surface area contributed by atoms with Gasteiger partial charge in [-0.15, -0.1) is 0 Å². The third-order valence-electron chi connectivity index (χ3n) is 2.65. The predicted molar refractivity (Wildman–Crippen MR) is 59.9 cm³/mol. The molecule has 0 bridgehead atoms. The number of nitrogens with one attached hydrogen (secondary N) is 1. The van der Waals surface area contributed by atoms with Crippen molar-refractivity contribution in [3.8, 4) is 0 Å². The number of hydrogen-bond donors (Lipinski definition) is 1. The van der Waals surface area contributed by atoms with Gasteiger partial charge in [-0.05, 0) is 6.07 Å². The highest BCUT2D eigenvalue weighted by Crippen LogP contribution is 2.23. The van der Waals surface area contributed by atoms with E-state index in [1.807, 2.05) is 24.3 Å². The summed E-state index contributed by atoms with van der Waals surface area (Å²) < 4.78 is 2.38. The van der Waals surface area contributed by atoms with Gasteiger partial charge in [-0.3, -0.25) is 0 Å². The molecular weight excluding hydrogens is 190 g/mol. The van der Waals surface area contributed by atoms with Gasteiger partial charge in [-0.1, -0.05) is 18.2 Å². The van der Waals surface area contributed by atoms with Gasteiger partial charge in [0.2, 0.25) is 0 Å². The molecule has 0 atom stereocenters. The average Bonchev–Trinajstić information content (AvgIpc) is 2.57. The number of hydrogen-bond acceptors (Lipinski definition) is 1. The van der Waals surface area contributed by atoms with Crippen molar-refractivity contribution in [3.63, 3.8) is 0 Å². The number of aromatic amines is 1. The Morgan fingerprint density at radius 1 is 1.13 bits per heavy atom. The van der Waals surface area contributed by atoms with Crippen LogP contribution in [0.4, 0.5) is 0 Å². The Morgan fingerprint density at radius 3 is 2.80 bits per heavy atom. The molecule has 0 saturated heterocycles. The van der Waals surface area contributed by atoms with Crippen molar-refractivity contribution in [2.45, 2.75) is 0 Å². The lowest BCUT2D eigenvalue weighted by atomic mass is 10.2. The van der Waals surface area contributed by atoms with Gasteiger partial charge in [0.1, 0.15) is 12.6 Å². The van der Waals surface area contributed by atoms with Gasteiger partial charge in [0.05, 0.1) is 6.07 Å². The first-order valence-electron chi connectivity index (χ1n) is 4.75. The summed E-state index contributed by atoms with van der Waals surface area (Å²) in [6.07, 6.45) is 1.75. The van der Waals surface area contributed by atoms with E-state index in [-0.39, 0.29) is 5.63 Å². The molecule has 2 aromatic heterocycles. The Morgan fingerprint density at radius 2 is 1.93 bits per heavy atom. The number of rotatable bonds is 0. The van der Waals surface area contributed by atoms with Crippen molar-refractivity contribution in [1.29, 1.82) is 0 Å². The molecular formula is C12H10NO2+. The SMILES string of the molecule is C[o+]1cc2[nH]c3ccccc3c2cc1=O. The maximum atomic E-state index is 11.5. The zero-order valence-electron chi connectivity index (χ0n) is 8.28. The number of fused-ring (bicyclic) bond motifs is 3. The fourth-order valence-corrected chi connectivity index (χ4v) is 1.88. The number of H-pyrrole nitrogens is 1. The minimum Gasteiger partial charge on any atom is -0.515 e. The first-order chi connectivity index (χ1) is 7.25. The fourth-order valence-electron chi connectivity index (χ4n) is 1.88. The lowest BCUT2D eigenvalue weighted by Crippen LogP contribution is -2.01. The number of benzene rings is 1. The number of aromatic nitrogens is 1. The molecule has 0 amide bonds. The lowest BCUT2D eigenvalue weighted by Gasteiger charge is -1.93. The molecule has 3 heteroatoms. The number of para-hydroxylation sites is 1. The molecule has 1 aromatic carbocycles. The third kappa shape index (κ3) is 1.09. The Labute approximate surface area is 85.7 Å². The highest BCUT2D eigenvalue weighted by Gasteiger charge is 2.08. The zero-order chi connectivity index (χ0) is 10.4. The number of aryl methyl sites for hydroxylation is 1. The molecule has 2 heterocycles. The summed E-state index contributed by atoms with van der Waals surface area (Å²) in [4.78, 5) is 14.8. The Balaban J connectivity index is 2.61. The minimum absolute atomic E-state index is 0.0627. The summed E-state index contributed by atoms with van der Waals surface area (Å²) in [6.45, 7) is 0. The van der Waals surface area contributed by atoms with Crippen LogP contribution in [0.3, 0.4) is 0 Å². The zero-order valence-corrected chi connectivity index (χ0v) is 8.28. The molecule has 0 unspecified atom stereocenters. The van der Waals surface area contributed by atoms with E-state index in [1.165, 1.54) is 0 Å². The van der Waals surface area contributed by atoms with Crippen LogP contribution in [0.1, 0.15) is 0 Å². The van der Waals surface area contributed by atoms with Gasteiger partial charge in [0.25, 0.3) is 0 Å². The van der Waals surface area contributed by atoms with Crippen LogP contribution in [0.2, 0.25) is 0 Å².